The van der Waals surface area contributed by atoms with Crippen LogP contribution in [-0.2, 0) is 11.3 Å². The summed E-state index contributed by atoms with van der Waals surface area (Å²) in [6, 6.07) is 12.7. The Morgan fingerprint density at radius 3 is 2.52 bits per heavy atom. The summed E-state index contributed by atoms with van der Waals surface area (Å²) < 4.78 is 28.0. The molecule has 1 aromatic heterocycles. The third kappa shape index (κ3) is 3.95. The molecule has 0 spiro atoms. The molecular weight excluding hydrogens is 328 g/mol. The first-order valence-corrected chi connectivity index (χ1v) is 7.39. The summed E-state index contributed by atoms with van der Waals surface area (Å²) in [6.45, 7) is 0.152. The number of amides is 1. The van der Waals surface area contributed by atoms with Gasteiger partial charge in [-0.2, -0.15) is 5.10 Å². The molecule has 0 aliphatic heterocycles. The number of aromatic nitrogens is 2. The normalized spacial score (nSPS) is 10.5. The molecule has 1 heterocycles. The Kier molecular flexibility index (Phi) is 4.65. The van der Waals surface area contributed by atoms with Crippen molar-refractivity contribution >= 4 is 12.1 Å². The van der Waals surface area contributed by atoms with E-state index in [1.165, 1.54) is 16.8 Å². The number of nitrogens with zero attached hydrogens (tertiary/aromatic N) is 2. The monoisotopic (exact) mass is 341 g/mol. The lowest BCUT2D eigenvalue weighted by atomic mass is 10.1. The molecule has 0 fully saturated rings. The van der Waals surface area contributed by atoms with Crippen molar-refractivity contribution in [2.75, 3.05) is 5.32 Å². The predicted molar refractivity (Wildman–Crippen MR) is 89.1 cm³/mol. The van der Waals surface area contributed by atoms with Gasteiger partial charge in [0, 0.05) is 23.4 Å². The van der Waals surface area contributed by atoms with E-state index in [1.54, 1.807) is 24.3 Å². The lowest BCUT2D eigenvalue weighted by Crippen LogP contribution is -2.22. The molecule has 0 saturated heterocycles. The Balaban J connectivity index is 1.96. The maximum absolute atomic E-state index is 13.4. The number of halogens is 2. The second-order valence-corrected chi connectivity index (χ2v) is 5.34. The molecule has 25 heavy (non-hydrogen) atoms. The summed E-state index contributed by atoms with van der Waals surface area (Å²) in [4.78, 5) is 22.5. The van der Waals surface area contributed by atoms with Gasteiger partial charge in [0.05, 0.1) is 12.2 Å². The fourth-order valence-electron chi connectivity index (χ4n) is 2.42. The lowest BCUT2D eigenvalue weighted by Gasteiger charge is -2.09. The van der Waals surface area contributed by atoms with Crippen LogP contribution in [0.5, 0.6) is 0 Å². The SMILES string of the molecule is O=CNc1cccc(Cn2nc(-c3cc(F)cc(F)c3)ccc2=O)c1. The zero-order chi connectivity index (χ0) is 17.8. The molecule has 126 valence electrons. The van der Waals surface area contributed by atoms with Gasteiger partial charge >= 0.3 is 0 Å². The van der Waals surface area contributed by atoms with Gasteiger partial charge in [-0.25, -0.2) is 13.5 Å². The summed E-state index contributed by atoms with van der Waals surface area (Å²) >= 11 is 0. The van der Waals surface area contributed by atoms with E-state index in [1.807, 2.05) is 0 Å². The summed E-state index contributed by atoms with van der Waals surface area (Å²) in [6.07, 6.45) is 0.558. The topological polar surface area (TPSA) is 64.0 Å². The van der Waals surface area contributed by atoms with E-state index in [4.69, 9.17) is 0 Å². The van der Waals surface area contributed by atoms with Gasteiger partial charge in [-0.05, 0) is 35.9 Å². The third-order valence-electron chi connectivity index (χ3n) is 3.51. The molecule has 5 nitrogen and oxygen atoms in total. The summed E-state index contributed by atoms with van der Waals surface area (Å²) in [5.41, 5.74) is 1.49. The van der Waals surface area contributed by atoms with Crippen LogP contribution in [-0.4, -0.2) is 16.2 Å². The summed E-state index contributed by atoms with van der Waals surface area (Å²) in [5, 5.41) is 6.70. The summed E-state index contributed by atoms with van der Waals surface area (Å²) in [7, 11) is 0. The largest absolute Gasteiger partial charge is 0.329 e. The van der Waals surface area contributed by atoms with Crippen molar-refractivity contribution < 1.29 is 13.6 Å². The molecule has 1 N–H and O–H groups in total. The fourth-order valence-corrected chi connectivity index (χ4v) is 2.42. The van der Waals surface area contributed by atoms with Crippen LogP contribution in [0.1, 0.15) is 5.56 Å². The number of carbonyl (C=O) groups excluding carboxylic acids is 1. The van der Waals surface area contributed by atoms with Crippen molar-refractivity contribution in [2.45, 2.75) is 6.54 Å². The Hall–Kier alpha value is -3.35. The van der Waals surface area contributed by atoms with E-state index in [0.717, 1.165) is 23.8 Å². The van der Waals surface area contributed by atoms with Gasteiger partial charge < -0.3 is 5.32 Å². The van der Waals surface area contributed by atoms with Gasteiger partial charge in [-0.1, -0.05) is 12.1 Å². The molecule has 3 rings (SSSR count). The predicted octanol–water partition coefficient (Wildman–Crippen LogP) is 2.81. The lowest BCUT2D eigenvalue weighted by molar-refractivity contribution is -0.105. The van der Waals surface area contributed by atoms with Crippen molar-refractivity contribution in [3.05, 3.63) is 82.1 Å². The molecule has 1 amide bonds. The van der Waals surface area contributed by atoms with E-state index in [2.05, 4.69) is 10.4 Å². The van der Waals surface area contributed by atoms with Gasteiger partial charge in [0.15, 0.2) is 0 Å². The van der Waals surface area contributed by atoms with Crippen molar-refractivity contribution in [1.82, 2.24) is 9.78 Å². The molecule has 2 aromatic carbocycles. The first kappa shape index (κ1) is 16.5. The maximum Gasteiger partial charge on any atom is 0.267 e. The molecule has 0 saturated carbocycles. The van der Waals surface area contributed by atoms with Crippen molar-refractivity contribution in [3.8, 4) is 11.3 Å². The van der Waals surface area contributed by atoms with Gasteiger partial charge in [-0.3, -0.25) is 9.59 Å². The van der Waals surface area contributed by atoms with Crippen LogP contribution in [0.3, 0.4) is 0 Å². The van der Waals surface area contributed by atoms with Crippen molar-refractivity contribution in [1.29, 1.82) is 0 Å². The molecule has 0 atom stereocenters. The number of hydrogen-bond donors (Lipinski definition) is 1. The zero-order valence-electron chi connectivity index (χ0n) is 12.9. The number of hydrogen-bond acceptors (Lipinski definition) is 3. The number of benzene rings is 2. The first-order chi connectivity index (χ1) is 12.0. The van der Waals surface area contributed by atoms with Gasteiger partial charge in [0.2, 0.25) is 6.41 Å². The molecule has 0 bridgehead atoms. The Morgan fingerprint density at radius 2 is 1.80 bits per heavy atom. The molecule has 0 unspecified atom stereocenters. The number of rotatable bonds is 5. The zero-order valence-corrected chi connectivity index (χ0v) is 12.9. The molecule has 0 radical (unpaired) electrons. The second-order valence-electron chi connectivity index (χ2n) is 5.34. The van der Waals surface area contributed by atoms with Crippen molar-refractivity contribution in [2.24, 2.45) is 0 Å². The highest BCUT2D eigenvalue weighted by atomic mass is 19.1. The van der Waals surface area contributed by atoms with Gasteiger partial charge in [-0.15, -0.1) is 0 Å². The quantitative estimate of drug-likeness (QED) is 0.726. The van der Waals surface area contributed by atoms with Crippen LogP contribution in [0.25, 0.3) is 11.3 Å². The number of carbonyl (C=O) groups is 1. The van der Waals surface area contributed by atoms with E-state index in [9.17, 15) is 18.4 Å². The average molecular weight is 341 g/mol. The minimum atomic E-state index is -0.720. The van der Waals surface area contributed by atoms with Crippen molar-refractivity contribution in [3.63, 3.8) is 0 Å². The second kappa shape index (κ2) is 7.04. The molecule has 0 aliphatic carbocycles. The molecular formula is C18H13F2N3O2. The standard InChI is InChI=1S/C18H13F2N3O2/c19-14-7-13(8-15(20)9-14)17-4-5-18(25)23(22-17)10-12-2-1-3-16(6-12)21-11-24/h1-9,11H,10H2,(H,21,24). The van der Waals surface area contributed by atoms with E-state index in [0.29, 0.717) is 12.1 Å². The van der Waals surface area contributed by atoms with E-state index in [-0.39, 0.29) is 23.4 Å². The Labute approximate surface area is 141 Å². The van der Waals surface area contributed by atoms with E-state index >= 15 is 0 Å². The maximum atomic E-state index is 13.4. The van der Waals surface area contributed by atoms with Crippen LogP contribution in [0, 0.1) is 11.6 Å². The van der Waals surface area contributed by atoms with Crippen LogP contribution >= 0.6 is 0 Å². The summed E-state index contributed by atoms with van der Waals surface area (Å²) in [5.74, 6) is -1.44. The minimum absolute atomic E-state index is 0.152. The number of anilines is 1. The first-order valence-electron chi connectivity index (χ1n) is 7.39. The highest BCUT2D eigenvalue weighted by Crippen LogP contribution is 2.19. The smallest absolute Gasteiger partial charge is 0.267 e. The van der Waals surface area contributed by atoms with Gasteiger partial charge in [0.1, 0.15) is 11.6 Å². The Bertz CT molecular complexity index is 966. The molecule has 3 aromatic rings. The van der Waals surface area contributed by atoms with Crippen LogP contribution in [0.4, 0.5) is 14.5 Å². The van der Waals surface area contributed by atoms with Crippen LogP contribution < -0.4 is 10.9 Å². The minimum Gasteiger partial charge on any atom is -0.329 e. The number of nitrogens with one attached hydrogen (secondary N) is 1. The van der Waals surface area contributed by atoms with Crippen LogP contribution in [0.2, 0.25) is 0 Å². The fraction of sp³-hybridized carbons (Fsp3) is 0.0556. The van der Waals surface area contributed by atoms with Gasteiger partial charge in [0.25, 0.3) is 5.56 Å². The average Bonchev–Trinajstić information content (AvgIpc) is 2.57. The van der Waals surface area contributed by atoms with Crippen LogP contribution in [0.15, 0.2) is 59.4 Å². The highest BCUT2D eigenvalue weighted by Gasteiger charge is 2.08. The third-order valence-corrected chi connectivity index (χ3v) is 3.51. The molecule has 0 aliphatic rings. The van der Waals surface area contributed by atoms with E-state index < -0.39 is 11.6 Å². The Morgan fingerprint density at radius 1 is 1.04 bits per heavy atom. The highest BCUT2D eigenvalue weighted by molar-refractivity contribution is 5.71. The molecule has 7 heteroatoms.